The number of aryl methyl sites for hydroxylation is 1. The van der Waals surface area contributed by atoms with E-state index < -0.39 is 5.91 Å². The Bertz CT molecular complexity index is 1320. The van der Waals surface area contributed by atoms with Gasteiger partial charge in [0.15, 0.2) is 0 Å². The Morgan fingerprint density at radius 1 is 0.929 bits per heavy atom. The highest BCUT2D eigenvalue weighted by atomic mass is 16.2. The average molecular weight is 368 g/mol. The monoisotopic (exact) mass is 368 g/mol. The summed E-state index contributed by atoms with van der Waals surface area (Å²) in [6.07, 6.45) is 0. The van der Waals surface area contributed by atoms with E-state index in [2.05, 4.69) is 6.07 Å². The van der Waals surface area contributed by atoms with Crippen molar-refractivity contribution in [3.63, 3.8) is 0 Å². The van der Waals surface area contributed by atoms with Crippen molar-refractivity contribution in [2.75, 3.05) is 0 Å². The molecule has 5 rings (SSSR count). The Labute approximate surface area is 160 Å². The van der Waals surface area contributed by atoms with Crippen LogP contribution in [-0.4, -0.2) is 25.7 Å². The van der Waals surface area contributed by atoms with Gasteiger partial charge in [0.25, 0.3) is 11.8 Å². The number of fused-ring (bicyclic) bond motifs is 5. The highest BCUT2D eigenvalue weighted by Crippen LogP contribution is 2.36. The van der Waals surface area contributed by atoms with Crippen LogP contribution < -0.4 is 0 Å². The van der Waals surface area contributed by atoms with Crippen molar-refractivity contribution in [3.05, 3.63) is 77.0 Å². The van der Waals surface area contributed by atoms with E-state index in [0.29, 0.717) is 12.2 Å². The molecule has 0 aliphatic carbocycles. The molecule has 0 bridgehead atoms. The molecule has 0 saturated heterocycles. The molecular formula is C22H16N4O2. The Hall–Kier alpha value is -3.85. The molecule has 28 heavy (non-hydrogen) atoms. The summed E-state index contributed by atoms with van der Waals surface area (Å²) in [4.78, 5) is 27.6. The molecule has 1 aliphatic heterocycles. The number of nitriles is 1. The molecule has 1 aliphatic rings. The fraction of sp³-hybridized carbons (Fsp3) is 0.136. The van der Waals surface area contributed by atoms with Crippen molar-refractivity contribution in [2.24, 2.45) is 0 Å². The van der Waals surface area contributed by atoms with Gasteiger partial charge in [0, 0.05) is 6.54 Å². The van der Waals surface area contributed by atoms with E-state index in [1.165, 1.54) is 4.90 Å². The van der Waals surface area contributed by atoms with Gasteiger partial charge in [-0.3, -0.25) is 18.9 Å². The van der Waals surface area contributed by atoms with E-state index in [-0.39, 0.29) is 29.3 Å². The molecule has 2 amide bonds. The van der Waals surface area contributed by atoms with Crippen LogP contribution in [0.2, 0.25) is 0 Å². The Morgan fingerprint density at radius 2 is 1.61 bits per heavy atom. The van der Waals surface area contributed by atoms with Crippen molar-refractivity contribution in [1.82, 2.24) is 13.9 Å². The first-order valence-electron chi connectivity index (χ1n) is 9.13. The van der Waals surface area contributed by atoms with Gasteiger partial charge >= 0.3 is 0 Å². The van der Waals surface area contributed by atoms with E-state index in [1.54, 1.807) is 4.40 Å². The predicted octanol–water partition coefficient (Wildman–Crippen LogP) is 3.58. The largest absolute Gasteiger partial charge is 0.325 e. The molecule has 6 nitrogen and oxygen atoms in total. The minimum Gasteiger partial charge on any atom is -0.325 e. The number of para-hydroxylation sites is 2. The zero-order valence-electron chi connectivity index (χ0n) is 15.2. The van der Waals surface area contributed by atoms with E-state index >= 15 is 0 Å². The number of benzene rings is 2. The first-order chi connectivity index (χ1) is 13.7. The SMILES string of the molecule is CCn1c2ccccc2n2c3c(c(C#N)c12)C(=O)N(Cc1ccccc1)C3=O. The van der Waals surface area contributed by atoms with Crippen molar-refractivity contribution < 1.29 is 9.59 Å². The number of aromatic nitrogens is 2. The molecule has 2 aromatic carbocycles. The summed E-state index contributed by atoms with van der Waals surface area (Å²) >= 11 is 0. The summed E-state index contributed by atoms with van der Waals surface area (Å²) in [7, 11) is 0. The van der Waals surface area contributed by atoms with E-state index in [4.69, 9.17) is 0 Å². The molecular weight excluding hydrogens is 352 g/mol. The zero-order chi connectivity index (χ0) is 19.4. The third-order valence-corrected chi connectivity index (χ3v) is 5.33. The maximum atomic E-state index is 13.3. The van der Waals surface area contributed by atoms with Crippen LogP contribution in [-0.2, 0) is 13.1 Å². The normalized spacial score (nSPS) is 13.5. The first kappa shape index (κ1) is 16.3. The minimum absolute atomic E-state index is 0.187. The van der Waals surface area contributed by atoms with Crippen LogP contribution in [0.3, 0.4) is 0 Å². The topological polar surface area (TPSA) is 70.5 Å². The molecule has 3 heterocycles. The van der Waals surface area contributed by atoms with E-state index in [9.17, 15) is 14.9 Å². The second-order valence-electron chi connectivity index (χ2n) is 6.78. The third-order valence-electron chi connectivity index (χ3n) is 5.33. The lowest BCUT2D eigenvalue weighted by atomic mass is 10.1. The number of hydrogen-bond donors (Lipinski definition) is 0. The number of carbonyl (C=O) groups is 2. The molecule has 0 radical (unpaired) electrons. The van der Waals surface area contributed by atoms with Gasteiger partial charge in [-0.25, -0.2) is 0 Å². The molecule has 136 valence electrons. The maximum absolute atomic E-state index is 13.3. The van der Waals surface area contributed by atoms with Crippen molar-refractivity contribution in [1.29, 1.82) is 5.26 Å². The molecule has 0 spiro atoms. The van der Waals surface area contributed by atoms with Crippen molar-refractivity contribution >= 4 is 28.5 Å². The number of imide groups is 1. The average Bonchev–Trinajstić information content (AvgIpc) is 3.31. The predicted molar refractivity (Wildman–Crippen MR) is 104 cm³/mol. The summed E-state index contributed by atoms with van der Waals surface area (Å²) in [5.74, 6) is -0.768. The molecule has 2 aromatic heterocycles. The number of amides is 2. The molecule has 0 saturated carbocycles. The van der Waals surface area contributed by atoms with Gasteiger partial charge in [-0.05, 0) is 24.6 Å². The van der Waals surface area contributed by atoms with Gasteiger partial charge in [-0.1, -0.05) is 42.5 Å². The first-order valence-corrected chi connectivity index (χ1v) is 9.13. The Morgan fingerprint density at radius 3 is 2.29 bits per heavy atom. The zero-order valence-corrected chi connectivity index (χ0v) is 15.2. The molecule has 0 fully saturated rings. The minimum atomic E-state index is -0.407. The quantitative estimate of drug-likeness (QED) is 0.519. The maximum Gasteiger partial charge on any atom is 0.278 e. The van der Waals surface area contributed by atoms with Gasteiger partial charge in [-0.2, -0.15) is 5.26 Å². The standard InChI is InChI=1S/C22H16N4O2/c1-2-24-16-10-6-7-11-17(16)26-19-18(15(12-23)20(24)26)21(27)25(22(19)28)13-14-8-4-3-5-9-14/h3-11H,2,13H2,1H3. The van der Waals surface area contributed by atoms with E-state index in [1.807, 2.05) is 66.1 Å². The number of carbonyl (C=O) groups excluding carboxylic acids is 2. The number of rotatable bonds is 3. The van der Waals surface area contributed by atoms with Gasteiger partial charge in [0.2, 0.25) is 0 Å². The molecule has 0 unspecified atom stereocenters. The summed E-state index contributed by atoms with van der Waals surface area (Å²) < 4.78 is 3.76. The Balaban J connectivity index is 1.79. The number of nitrogens with zero attached hydrogens (tertiary/aromatic N) is 4. The summed E-state index contributed by atoms with van der Waals surface area (Å²) in [6, 6.07) is 19.2. The van der Waals surface area contributed by atoms with Crippen LogP contribution in [0.4, 0.5) is 0 Å². The fourth-order valence-corrected chi connectivity index (χ4v) is 4.15. The second-order valence-corrected chi connectivity index (χ2v) is 6.78. The summed E-state index contributed by atoms with van der Waals surface area (Å²) in [5.41, 5.74) is 3.99. The van der Waals surface area contributed by atoms with Crippen molar-refractivity contribution in [3.8, 4) is 6.07 Å². The lowest BCUT2D eigenvalue weighted by Crippen LogP contribution is -2.30. The van der Waals surface area contributed by atoms with Crippen LogP contribution in [0.5, 0.6) is 0 Å². The lowest BCUT2D eigenvalue weighted by molar-refractivity contribution is 0.0639. The lowest BCUT2D eigenvalue weighted by Gasteiger charge is -2.14. The summed E-state index contributed by atoms with van der Waals surface area (Å²) in [5, 5.41) is 9.86. The number of imidazole rings is 1. The van der Waals surface area contributed by atoms with Crippen LogP contribution >= 0.6 is 0 Å². The summed E-state index contributed by atoms with van der Waals surface area (Å²) in [6.45, 7) is 2.80. The fourth-order valence-electron chi connectivity index (χ4n) is 4.15. The third kappa shape index (κ3) is 1.96. The Kier molecular flexibility index (Phi) is 3.40. The second kappa shape index (κ2) is 5.83. The van der Waals surface area contributed by atoms with Gasteiger partial charge in [-0.15, -0.1) is 0 Å². The molecule has 6 heteroatoms. The smallest absolute Gasteiger partial charge is 0.278 e. The molecule has 0 N–H and O–H groups in total. The van der Waals surface area contributed by atoms with Gasteiger partial charge in [0.1, 0.15) is 23.0 Å². The van der Waals surface area contributed by atoms with Crippen molar-refractivity contribution in [2.45, 2.75) is 20.0 Å². The van der Waals surface area contributed by atoms with E-state index in [0.717, 1.165) is 16.6 Å². The van der Waals surface area contributed by atoms with Gasteiger partial charge in [0.05, 0.1) is 23.1 Å². The number of hydrogen-bond acceptors (Lipinski definition) is 3. The van der Waals surface area contributed by atoms with Crippen LogP contribution in [0.15, 0.2) is 54.6 Å². The molecule has 4 aromatic rings. The van der Waals surface area contributed by atoms with Crippen LogP contribution in [0, 0.1) is 11.3 Å². The molecule has 0 atom stereocenters. The van der Waals surface area contributed by atoms with Gasteiger partial charge < -0.3 is 4.57 Å². The van der Waals surface area contributed by atoms with Crippen LogP contribution in [0.1, 0.15) is 38.9 Å². The van der Waals surface area contributed by atoms with Crippen LogP contribution in [0.25, 0.3) is 16.7 Å². The highest BCUT2D eigenvalue weighted by Gasteiger charge is 2.43. The highest BCUT2D eigenvalue weighted by molar-refractivity contribution is 6.23.